The molecule has 1 saturated heterocycles. The highest BCUT2D eigenvalue weighted by molar-refractivity contribution is 6.31. The van der Waals surface area contributed by atoms with Crippen LogP contribution in [0, 0.1) is 6.92 Å². The molecule has 0 bridgehead atoms. The molecular weight excluding hydrogens is 342 g/mol. The summed E-state index contributed by atoms with van der Waals surface area (Å²) in [6, 6.07) is 12.5. The van der Waals surface area contributed by atoms with Crippen LogP contribution in [0.4, 0.5) is 11.4 Å². The number of rotatable bonds is 5. The highest BCUT2D eigenvalue weighted by atomic mass is 16.3. The minimum Gasteiger partial charge on any atom is -0.507 e. The third-order valence-electron chi connectivity index (χ3n) is 4.63. The van der Waals surface area contributed by atoms with Gasteiger partial charge in [-0.2, -0.15) is 0 Å². The van der Waals surface area contributed by atoms with Crippen molar-refractivity contribution in [2.24, 2.45) is 0 Å². The lowest BCUT2D eigenvalue weighted by Gasteiger charge is -2.21. The van der Waals surface area contributed by atoms with Gasteiger partial charge in [-0.05, 0) is 51.1 Å². The highest BCUT2D eigenvalue weighted by Gasteiger charge is 2.34. The molecule has 6 heteroatoms. The van der Waals surface area contributed by atoms with Crippen molar-refractivity contribution < 1.29 is 14.7 Å². The summed E-state index contributed by atoms with van der Waals surface area (Å²) in [6.45, 7) is 7.67. The van der Waals surface area contributed by atoms with Crippen molar-refractivity contribution in [1.29, 1.82) is 0 Å². The number of nitrogens with zero attached hydrogens (tertiary/aromatic N) is 2. The Labute approximate surface area is 158 Å². The minimum absolute atomic E-state index is 0.0125. The number of phenols is 1. The van der Waals surface area contributed by atoms with Crippen molar-refractivity contribution >= 4 is 29.3 Å². The molecule has 1 heterocycles. The number of phenolic OH excluding ortho intramolecular Hbond substituents is 1. The first-order valence-electron chi connectivity index (χ1n) is 8.96. The Morgan fingerprint density at radius 3 is 2.33 bits per heavy atom. The van der Waals surface area contributed by atoms with Crippen molar-refractivity contribution in [2.75, 3.05) is 23.0 Å². The summed E-state index contributed by atoms with van der Waals surface area (Å²) in [5, 5.41) is 11.6. The molecule has 0 aromatic heterocycles. The number of amides is 2. The number of anilines is 2. The van der Waals surface area contributed by atoms with Gasteiger partial charge in [0.25, 0.3) is 11.8 Å². The van der Waals surface area contributed by atoms with Crippen molar-refractivity contribution in [2.45, 2.75) is 20.8 Å². The lowest BCUT2D eigenvalue weighted by Crippen LogP contribution is -2.35. The van der Waals surface area contributed by atoms with E-state index in [1.165, 1.54) is 11.1 Å². The van der Waals surface area contributed by atoms with Crippen LogP contribution in [0.1, 0.15) is 25.0 Å². The average Bonchev–Trinajstić information content (AvgIpc) is 2.93. The molecule has 3 rings (SSSR count). The summed E-state index contributed by atoms with van der Waals surface area (Å²) in [5.74, 6) is -0.912. The van der Waals surface area contributed by atoms with Crippen molar-refractivity contribution in [1.82, 2.24) is 5.43 Å². The number of aryl methyl sites for hydroxylation is 1. The summed E-state index contributed by atoms with van der Waals surface area (Å²) < 4.78 is 0. The van der Waals surface area contributed by atoms with Gasteiger partial charge in [-0.3, -0.25) is 15.0 Å². The zero-order valence-electron chi connectivity index (χ0n) is 15.7. The molecule has 0 radical (unpaired) electrons. The molecule has 2 N–H and O–H groups in total. The van der Waals surface area contributed by atoms with E-state index in [9.17, 15) is 14.7 Å². The van der Waals surface area contributed by atoms with Crippen LogP contribution < -0.4 is 15.3 Å². The molecule has 1 aliphatic rings. The third-order valence-corrected chi connectivity index (χ3v) is 4.63. The number of hydrazine groups is 1. The Morgan fingerprint density at radius 1 is 1.07 bits per heavy atom. The van der Waals surface area contributed by atoms with Gasteiger partial charge in [-0.25, -0.2) is 5.01 Å². The SMILES string of the molecule is CCN(CC)c1ccc(/C=C2/C(=O)NN(c3ccc(C)cc3)C2=O)c(O)c1. The Kier molecular flexibility index (Phi) is 5.16. The van der Waals surface area contributed by atoms with Crippen LogP contribution in [0.25, 0.3) is 6.08 Å². The molecule has 2 aromatic carbocycles. The van der Waals surface area contributed by atoms with Gasteiger partial charge in [0, 0.05) is 30.4 Å². The highest BCUT2D eigenvalue weighted by Crippen LogP contribution is 2.28. The van der Waals surface area contributed by atoms with E-state index in [0.717, 1.165) is 24.3 Å². The van der Waals surface area contributed by atoms with E-state index in [-0.39, 0.29) is 11.3 Å². The van der Waals surface area contributed by atoms with E-state index in [4.69, 9.17) is 0 Å². The average molecular weight is 365 g/mol. The zero-order valence-corrected chi connectivity index (χ0v) is 15.7. The molecule has 2 aromatic rings. The van der Waals surface area contributed by atoms with E-state index < -0.39 is 11.8 Å². The molecule has 140 valence electrons. The molecule has 6 nitrogen and oxygen atoms in total. The monoisotopic (exact) mass is 365 g/mol. The van der Waals surface area contributed by atoms with Crippen molar-refractivity contribution in [3.8, 4) is 5.75 Å². The Bertz CT molecular complexity index is 899. The Hall–Kier alpha value is -3.28. The van der Waals surface area contributed by atoms with Crippen LogP contribution >= 0.6 is 0 Å². The van der Waals surface area contributed by atoms with Crippen LogP contribution in [0.2, 0.25) is 0 Å². The number of hydrogen-bond acceptors (Lipinski definition) is 4. The van der Waals surface area contributed by atoms with E-state index in [1.54, 1.807) is 24.3 Å². The minimum atomic E-state index is -0.493. The summed E-state index contributed by atoms with van der Waals surface area (Å²) in [6.07, 6.45) is 1.42. The fourth-order valence-electron chi connectivity index (χ4n) is 3.03. The van der Waals surface area contributed by atoms with Gasteiger partial charge >= 0.3 is 0 Å². The normalized spacial score (nSPS) is 15.4. The number of carbonyl (C=O) groups excluding carboxylic acids is 2. The first-order valence-corrected chi connectivity index (χ1v) is 8.96. The first kappa shape index (κ1) is 18.5. The predicted molar refractivity (Wildman–Crippen MR) is 106 cm³/mol. The molecule has 27 heavy (non-hydrogen) atoms. The van der Waals surface area contributed by atoms with Gasteiger partial charge in [-0.1, -0.05) is 17.7 Å². The topological polar surface area (TPSA) is 72.9 Å². The van der Waals surface area contributed by atoms with Crippen LogP contribution in [0.15, 0.2) is 48.0 Å². The van der Waals surface area contributed by atoms with Crippen LogP contribution in [-0.2, 0) is 9.59 Å². The molecule has 1 aliphatic heterocycles. The number of benzene rings is 2. The maximum atomic E-state index is 12.7. The molecule has 0 aliphatic carbocycles. The van der Waals surface area contributed by atoms with Crippen molar-refractivity contribution in [3.05, 3.63) is 59.2 Å². The summed E-state index contributed by atoms with van der Waals surface area (Å²) in [7, 11) is 0. The molecule has 0 unspecified atom stereocenters. The summed E-state index contributed by atoms with van der Waals surface area (Å²) in [5.41, 5.74) is 5.52. The summed E-state index contributed by atoms with van der Waals surface area (Å²) >= 11 is 0. The second kappa shape index (κ2) is 7.53. The Balaban J connectivity index is 1.89. The van der Waals surface area contributed by atoms with Crippen LogP contribution in [0.5, 0.6) is 5.75 Å². The van der Waals surface area contributed by atoms with Crippen molar-refractivity contribution in [3.63, 3.8) is 0 Å². The van der Waals surface area contributed by atoms with Gasteiger partial charge in [0.2, 0.25) is 0 Å². The molecule has 1 fully saturated rings. The second-order valence-electron chi connectivity index (χ2n) is 6.39. The van der Waals surface area contributed by atoms with Gasteiger partial charge in [0.05, 0.1) is 5.69 Å². The molecule has 2 amide bonds. The van der Waals surface area contributed by atoms with Gasteiger partial charge in [0.1, 0.15) is 11.3 Å². The standard InChI is InChI=1S/C21H23N3O3/c1-4-23(5-2)17-11-8-15(19(25)13-17)12-18-20(26)22-24(21(18)27)16-9-6-14(3)7-10-16/h6-13,25H,4-5H2,1-3H3,(H,22,26)/b18-12-. The van der Waals surface area contributed by atoms with E-state index >= 15 is 0 Å². The third kappa shape index (κ3) is 3.65. The Morgan fingerprint density at radius 2 is 1.74 bits per heavy atom. The summed E-state index contributed by atoms with van der Waals surface area (Å²) in [4.78, 5) is 27.1. The van der Waals surface area contributed by atoms with Gasteiger partial charge in [-0.15, -0.1) is 0 Å². The number of nitrogens with one attached hydrogen (secondary N) is 1. The smallest absolute Gasteiger partial charge is 0.282 e. The van der Waals surface area contributed by atoms with Gasteiger partial charge in [0.15, 0.2) is 0 Å². The second-order valence-corrected chi connectivity index (χ2v) is 6.39. The van der Waals surface area contributed by atoms with E-state index in [1.807, 2.05) is 39.0 Å². The first-order chi connectivity index (χ1) is 12.9. The number of hydrogen-bond donors (Lipinski definition) is 2. The van der Waals surface area contributed by atoms with E-state index in [0.29, 0.717) is 11.3 Å². The largest absolute Gasteiger partial charge is 0.507 e. The fraction of sp³-hybridized carbons (Fsp3) is 0.238. The van der Waals surface area contributed by atoms with Crippen LogP contribution in [-0.4, -0.2) is 30.0 Å². The molecule has 0 spiro atoms. The number of carbonyl (C=O) groups is 2. The lowest BCUT2D eigenvalue weighted by atomic mass is 10.1. The quantitative estimate of drug-likeness (QED) is 0.631. The fourth-order valence-corrected chi connectivity index (χ4v) is 3.03. The molecule has 0 atom stereocenters. The van der Waals surface area contributed by atoms with E-state index in [2.05, 4.69) is 10.3 Å². The van der Waals surface area contributed by atoms with Gasteiger partial charge < -0.3 is 10.0 Å². The van der Waals surface area contributed by atoms with Crippen LogP contribution in [0.3, 0.4) is 0 Å². The lowest BCUT2D eigenvalue weighted by molar-refractivity contribution is -0.117. The molecular formula is C21H23N3O3. The maximum Gasteiger partial charge on any atom is 0.282 e. The maximum absolute atomic E-state index is 12.7. The predicted octanol–water partition coefficient (Wildman–Crippen LogP) is 3.01. The molecule has 0 saturated carbocycles. The number of aromatic hydroxyl groups is 1. The zero-order chi connectivity index (χ0) is 19.6.